The number of aliphatic hydroxyl groups excluding tert-OH is 1. The molecule has 2 nitrogen and oxygen atoms in total. The first-order valence-corrected chi connectivity index (χ1v) is 4.78. The van der Waals surface area contributed by atoms with Crippen LogP contribution in [-0.4, -0.2) is 11.2 Å². The highest BCUT2D eigenvalue weighted by Gasteiger charge is 2.24. The lowest BCUT2D eigenvalue weighted by Crippen LogP contribution is -2.31. The number of nitrogens with two attached hydrogens (primary N) is 1. The zero-order chi connectivity index (χ0) is 9.42. The van der Waals surface area contributed by atoms with Crippen molar-refractivity contribution in [2.75, 3.05) is 0 Å². The molecule has 0 bridgehead atoms. The van der Waals surface area contributed by atoms with E-state index in [-0.39, 0.29) is 6.04 Å². The fraction of sp³-hybridized carbons (Fsp3) is 0.400. The van der Waals surface area contributed by atoms with Gasteiger partial charge in [-0.05, 0) is 36.1 Å². The van der Waals surface area contributed by atoms with Gasteiger partial charge in [0.1, 0.15) is 0 Å². The molecule has 1 aromatic rings. The summed E-state index contributed by atoms with van der Waals surface area (Å²) < 4.78 is 0. The number of hydrogen-bond acceptors (Lipinski definition) is 2. The van der Waals surface area contributed by atoms with E-state index in [0.29, 0.717) is 5.02 Å². The minimum Gasteiger partial charge on any atom is -0.391 e. The molecule has 0 radical (unpaired) electrons. The summed E-state index contributed by atoms with van der Waals surface area (Å²) in [6.45, 7) is 0. The summed E-state index contributed by atoms with van der Waals surface area (Å²) in [6, 6.07) is 5.43. The molecular weight excluding hydrogens is 186 g/mol. The fourth-order valence-corrected chi connectivity index (χ4v) is 1.97. The lowest BCUT2D eigenvalue weighted by atomic mass is 9.86. The van der Waals surface area contributed by atoms with Gasteiger partial charge in [-0.2, -0.15) is 0 Å². The molecule has 0 aromatic heterocycles. The summed E-state index contributed by atoms with van der Waals surface area (Å²) in [5.74, 6) is 0. The third kappa shape index (κ3) is 1.57. The van der Waals surface area contributed by atoms with E-state index in [1.165, 1.54) is 5.56 Å². The summed E-state index contributed by atoms with van der Waals surface area (Å²) in [5, 5.41) is 10.2. The molecule has 1 aromatic carbocycles. The van der Waals surface area contributed by atoms with Gasteiger partial charge in [0.25, 0.3) is 0 Å². The normalized spacial score (nSPS) is 27.0. The van der Waals surface area contributed by atoms with Crippen molar-refractivity contribution in [1.29, 1.82) is 0 Å². The topological polar surface area (TPSA) is 46.2 Å². The van der Waals surface area contributed by atoms with Crippen LogP contribution in [0.1, 0.15) is 23.6 Å². The molecule has 0 spiro atoms. The number of rotatable bonds is 0. The second kappa shape index (κ2) is 3.29. The molecule has 0 saturated carbocycles. The first-order valence-electron chi connectivity index (χ1n) is 4.40. The molecule has 13 heavy (non-hydrogen) atoms. The largest absolute Gasteiger partial charge is 0.391 e. The van der Waals surface area contributed by atoms with Crippen molar-refractivity contribution in [1.82, 2.24) is 0 Å². The van der Waals surface area contributed by atoms with E-state index in [1.807, 2.05) is 18.2 Å². The van der Waals surface area contributed by atoms with E-state index in [9.17, 15) is 5.11 Å². The second-order valence-corrected chi connectivity index (χ2v) is 3.91. The maximum atomic E-state index is 9.55. The lowest BCUT2D eigenvalue weighted by Gasteiger charge is -2.27. The van der Waals surface area contributed by atoms with Gasteiger partial charge < -0.3 is 10.8 Å². The zero-order valence-corrected chi connectivity index (χ0v) is 7.96. The molecule has 2 rings (SSSR count). The summed E-state index contributed by atoms with van der Waals surface area (Å²) in [6.07, 6.45) is 1.21. The van der Waals surface area contributed by atoms with Gasteiger partial charge in [0, 0.05) is 5.02 Å². The van der Waals surface area contributed by atoms with Crippen molar-refractivity contribution in [3.05, 3.63) is 34.3 Å². The van der Waals surface area contributed by atoms with Crippen LogP contribution in [0.4, 0.5) is 0 Å². The highest BCUT2D eigenvalue weighted by molar-refractivity contribution is 6.30. The van der Waals surface area contributed by atoms with E-state index in [2.05, 4.69) is 0 Å². The zero-order valence-electron chi connectivity index (χ0n) is 7.20. The minimum absolute atomic E-state index is 0.276. The molecule has 0 aliphatic heterocycles. The highest BCUT2D eigenvalue weighted by Crippen LogP contribution is 2.30. The van der Waals surface area contributed by atoms with Crippen LogP contribution < -0.4 is 5.73 Å². The molecular formula is C10H12ClNO. The molecule has 0 amide bonds. The first-order chi connectivity index (χ1) is 6.18. The van der Waals surface area contributed by atoms with Crippen molar-refractivity contribution >= 4 is 11.6 Å². The number of halogens is 1. The average Bonchev–Trinajstić information content (AvgIpc) is 2.12. The third-order valence-electron chi connectivity index (χ3n) is 2.59. The molecule has 2 atom stereocenters. The number of benzene rings is 1. The predicted molar refractivity (Wildman–Crippen MR) is 52.7 cm³/mol. The standard InChI is InChI=1S/C10H12ClNO/c11-7-3-1-6-2-4-9(13)10(12)8(6)5-7/h1,3,5,9-10,13H,2,4,12H2/t9-,10+/m0/s1. The summed E-state index contributed by atoms with van der Waals surface area (Å²) in [4.78, 5) is 0. The minimum atomic E-state index is -0.425. The van der Waals surface area contributed by atoms with Gasteiger partial charge in [-0.15, -0.1) is 0 Å². The van der Waals surface area contributed by atoms with Crippen LogP contribution in [0.15, 0.2) is 18.2 Å². The van der Waals surface area contributed by atoms with Crippen LogP contribution in [0.5, 0.6) is 0 Å². The van der Waals surface area contributed by atoms with E-state index in [0.717, 1.165) is 18.4 Å². The van der Waals surface area contributed by atoms with Crippen molar-refractivity contribution in [3.63, 3.8) is 0 Å². The van der Waals surface area contributed by atoms with E-state index >= 15 is 0 Å². The first kappa shape index (κ1) is 9.00. The van der Waals surface area contributed by atoms with E-state index in [1.54, 1.807) is 0 Å². The molecule has 70 valence electrons. The molecule has 0 unspecified atom stereocenters. The lowest BCUT2D eigenvalue weighted by molar-refractivity contribution is 0.128. The smallest absolute Gasteiger partial charge is 0.0736 e. The molecule has 3 heteroatoms. The molecule has 0 fully saturated rings. The Kier molecular flexibility index (Phi) is 2.28. The Balaban J connectivity index is 2.45. The van der Waals surface area contributed by atoms with Gasteiger partial charge >= 0.3 is 0 Å². The Morgan fingerprint density at radius 2 is 2.23 bits per heavy atom. The number of hydrogen-bond donors (Lipinski definition) is 2. The van der Waals surface area contributed by atoms with Crippen molar-refractivity contribution in [3.8, 4) is 0 Å². The maximum Gasteiger partial charge on any atom is 0.0736 e. The van der Waals surface area contributed by atoms with Gasteiger partial charge in [0.15, 0.2) is 0 Å². The van der Waals surface area contributed by atoms with Gasteiger partial charge in [-0.1, -0.05) is 17.7 Å². The summed E-state index contributed by atoms with van der Waals surface area (Å²) in [5.41, 5.74) is 8.05. The van der Waals surface area contributed by atoms with Crippen LogP contribution in [-0.2, 0) is 6.42 Å². The summed E-state index contributed by atoms with van der Waals surface area (Å²) >= 11 is 5.85. The Morgan fingerprint density at radius 1 is 1.46 bits per heavy atom. The Hall–Kier alpha value is -0.570. The van der Waals surface area contributed by atoms with Gasteiger partial charge in [-0.25, -0.2) is 0 Å². The predicted octanol–water partition coefficient (Wildman–Crippen LogP) is 1.65. The van der Waals surface area contributed by atoms with Crippen LogP contribution >= 0.6 is 11.6 Å². The highest BCUT2D eigenvalue weighted by atomic mass is 35.5. The van der Waals surface area contributed by atoms with E-state index in [4.69, 9.17) is 17.3 Å². The van der Waals surface area contributed by atoms with Gasteiger partial charge in [0.05, 0.1) is 12.1 Å². The number of aliphatic hydroxyl groups is 1. The maximum absolute atomic E-state index is 9.55. The molecule has 1 aliphatic carbocycles. The van der Waals surface area contributed by atoms with Crippen molar-refractivity contribution in [2.24, 2.45) is 5.73 Å². The number of aryl methyl sites for hydroxylation is 1. The van der Waals surface area contributed by atoms with Crippen LogP contribution in [0.2, 0.25) is 5.02 Å². The van der Waals surface area contributed by atoms with Crippen molar-refractivity contribution < 1.29 is 5.11 Å². The van der Waals surface area contributed by atoms with Crippen LogP contribution in [0.25, 0.3) is 0 Å². The molecule has 0 heterocycles. The summed E-state index contributed by atoms with van der Waals surface area (Å²) in [7, 11) is 0. The SMILES string of the molecule is N[C@@H]1c2cc(Cl)ccc2CC[C@@H]1O. The fourth-order valence-electron chi connectivity index (χ4n) is 1.79. The molecule has 0 saturated heterocycles. The molecule has 3 N–H and O–H groups in total. The van der Waals surface area contributed by atoms with Crippen LogP contribution in [0, 0.1) is 0 Å². The monoisotopic (exact) mass is 197 g/mol. The van der Waals surface area contributed by atoms with Crippen LogP contribution in [0.3, 0.4) is 0 Å². The van der Waals surface area contributed by atoms with E-state index < -0.39 is 6.10 Å². The Bertz CT molecular complexity index is 327. The van der Waals surface area contributed by atoms with Gasteiger partial charge in [-0.3, -0.25) is 0 Å². The Labute approximate surface area is 82.3 Å². The molecule has 1 aliphatic rings. The van der Waals surface area contributed by atoms with Gasteiger partial charge in [0.2, 0.25) is 0 Å². The Morgan fingerprint density at radius 3 is 3.00 bits per heavy atom. The third-order valence-corrected chi connectivity index (χ3v) is 2.83. The second-order valence-electron chi connectivity index (χ2n) is 3.47. The van der Waals surface area contributed by atoms with Crippen molar-refractivity contribution in [2.45, 2.75) is 25.0 Å². The quantitative estimate of drug-likeness (QED) is 0.665. The number of fused-ring (bicyclic) bond motifs is 1. The average molecular weight is 198 g/mol.